The van der Waals surface area contributed by atoms with Gasteiger partial charge in [0.25, 0.3) is 0 Å². The highest BCUT2D eigenvalue weighted by atomic mass is 16.2. The number of carbonyl (C=O) groups is 2. The summed E-state index contributed by atoms with van der Waals surface area (Å²) in [5.41, 5.74) is 5.03. The number of hydrogen-bond acceptors (Lipinski definition) is 3. The van der Waals surface area contributed by atoms with Crippen LogP contribution in [0.3, 0.4) is 0 Å². The Hall–Kier alpha value is -0.900. The standard InChI is InChI=1S/C10H20N2O2/c1-7(6-11)10(4,5)12(8(2)13)9(3)14/h7H,6,11H2,1-5H3. The van der Waals surface area contributed by atoms with Crippen molar-refractivity contribution in [3.05, 3.63) is 0 Å². The van der Waals surface area contributed by atoms with Crippen LogP contribution in [0.25, 0.3) is 0 Å². The summed E-state index contributed by atoms with van der Waals surface area (Å²) in [6.45, 7) is 8.88. The maximum atomic E-state index is 11.3. The Labute approximate surface area is 85.4 Å². The van der Waals surface area contributed by atoms with Gasteiger partial charge < -0.3 is 5.73 Å². The first kappa shape index (κ1) is 13.1. The Morgan fingerprint density at radius 2 is 1.64 bits per heavy atom. The number of rotatable bonds is 3. The van der Waals surface area contributed by atoms with Gasteiger partial charge >= 0.3 is 0 Å². The number of carbonyl (C=O) groups excluding carboxylic acids is 2. The molecule has 0 radical (unpaired) electrons. The van der Waals surface area contributed by atoms with Crippen LogP contribution in [0.4, 0.5) is 0 Å². The van der Waals surface area contributed by atoms with Crippen LogP contribution in [-0.4, -0.2) is 28.8 Å². The first-order valence-corrected chi connectivity index (χ1v) is 4.76. The maximum Gasteiger partial charge on any atom is 0.226 e. The van der Waals surface area contributed by atoms with Gasteiger partial charge in [0.1, 0.15) is 0 Å². The molecule has 0 bridgehead atoms. The lowest BCUT2D eigenvalue weighted by Crippen LogP contribution is -2.54. The Morgan fingerprint density at radius 3 is 1.86 bits per heavy atom. The van der Waals surface area contributed by atoms with Crippen LogP contribution in [0.5, 0.6) is 0 Å². The number of nitrogens with two attached hydrogens (primary N) is 1. The van der Waals surface area contributed by atoms with E-state index >= 15 is 0 Å². The summed E-state index contributed by atoms with van der Waals surface area (Å²) in [6.07, 6.45) is 0. The zero-order chi connectivity index (χ0) is 11.5. The molecule has 2 amide bonds. The van der Waals surface area contributed by atoms with Gasteiger partial charge in [-0.25, -0.2) is 0 Å². The minimum absolute atomic E-state index is 0.0790. The van der Waals surface area contributed by atoms with E-state index in [-0.39, 0.29) is 17.7 Å². The minimum Gasteiger partial charge on any atom is -0.330 e. The average molecular weight is 200 g/mol. The number of hydrogen-bond donors (Lipinski definition) is 1. The molecule has 0 saturated carbocycles. The summed E-state index contributed by atoms with van der Waals surface area (Å²) in [5, 5.41) is 0. The Kier molecular flexibility index (Phi) is 4.26. The van der Waals surface area contributed by atoms with Crippen LogP contribution in [0.15, 0.2) is 0 Å². The molecular formula is C10H20N2O2. The van der Waals surface area contributed by atoms with Crippen LogP contribution in [0.1, 0.15) is 34.6 Å². The topological polar surface area (TPSA) is 63.4 Å². The summed E-state index contributed by atoms with van der Waals surface area (Å²) in [5.74, 6) is -0.388. The molecule has 0 aromatic heterocycles. The first-order valence-electron chi connectivity index (χ1n) is 4.76. The lowest BCUT2D eigenvalue weighted by Gasteiger charge is -2.40. The molecule has 0 saturated heterocycles. The monoisotopic (exact) mass is 200 g/mol. The van der Waals surface area contributed by atoms with Gasteiger partial charge in [0.2, 0.25) is 11.8 Å². The zero-order valence-electron chi connectivity index (χ0n) is 9.63. The number of nitrogens with zero attached hydrogens (tertiary/aromatic N) is 1. The highest BCUT2D eigenvalue weighted by Gasteiger charge is 2.36. The third-order valence-corrected chi connectivity index (χ3v) is 2.77. The fourth-order valence-electron chi connectivity index (χ4n) is 1.54. The lowest BCUT2D eigenvalue weighted by atomic mass is 9.87. The SMILES string of the molecule is CC(=O)N(C(C)=O)C(C)(C)C(C)CN. The Morgan fingerprint density at radius 1 is 1.29 bits per heavy atom. The molecule has 2 N–H and O–H groups in total. The van der Waals surface area contributed by atoms with Crippen molar-refractivity contribution in [2.24, 2.45) is 11.7 Å². The van der Waals surface area contributed by atoms with E-state index in [1.165, 1.54) is 18.7 Å². The second kappa shape index (κ2) is 4.55. The van der Waals surface area contributed by atoms with Gasteiger partial charge in [0, 0.05) is 19.4 Å². The molecular weight excluding hydrogens is 180 g/mol. The summed E-state index contributed by atoms with van der Waals surface area (Å²) in [6, 6.07) is 0. The van der Waals surface area contributed by atoms with Crippen molar-refractivity contribution in [2.45, 2.75) is 40.2 Å². The van der Waals surface area contributed by atoms with E-state index in [9.17, 15) is 9.59 Å². The van der Waals surface area contributed by atoms with Crippen molar-refractivity contribution in [1.82, 2.24) is 4.90 Å². The lowest BCUT2D eigenvalue weighted by molar-refractivity contribution is -0.150. The highest BCUT2D eigenvalue weighted by Crippen LogP contribution is 2.23. The zero-order valence-corrected chi connectivity index (χ0v) is 9.63. The van der Waals surface area contributed by atoms with Crippen molar-refractivity contribution in [3.8, 4) is 0 Å². The highest BCUT2D eigenvalue weighted by molar-refractivity contribution is 5.93. The van der Waals surface area contributed by atoms with Crippen molar-refractivity contribution in [1.29, 1.82) is 0 Å². The molecule has 0 aliphatic carbocycles. The van der Waals surface area contributed by atoms with E-state index in [0.717, 1.165) is 0 Å². The van der Waals surface area contributed by atoms with E-state index in [0.29, 0.717) is 6.54 Å². The van der Waals surface area contributed by atoms with Crippen molar-refractivity contribution in [2.75, 3.05) is 6.54 Å². The van der Waals surface area contributed by atoms with Crippen molar-refractivity contribution >= 4 is 11.8 Å². The molecule has 1 unspecified atom stereocenters. The van der Waals surface area contributed by atoms with Crippen LogP contribution in [0.2, 0.25) is 0 Å². The number of imide groups is 1. The van der Waals surface area contributed by atoms with Gasteiger partial charge in [-0.2, -0.15) is 0 Å². The van der Waals surface area contributed by atoms with Gasteiger partial charge in [-0.3, -0.25) is 14.5 Å². The number of amides is 2. The molecule has 1 atom stereocenters. The second-order valence-electron chi connectivity index (χ2n) is 4.16. The predicted molar refractivity (Wildman–Crippen MR) is 55.5 cm³/mol. The van der Waals surface area contributed by atoms with Crippen molar-refractivity contribution in [3.63, 3.8) is 0 Å². The molecule has 0 heterocycles. The molecule has 0 aliphatic rings. The van der Waals surface area contributed by atoms with E-state index < -0.39 is 5.54 Å². The quantitative estimate of drug-likeness (QED) is 0.731. The summed E-state index contributed by atoms with van der Waals surface area (Å²) in [4.78, 5) is 23.9. The molecule has 14 heavy (non-hydrogen) atoms. The molecule has 4 nitrogen and oxygen atoms in total. The Bertz CT molecular complexity index is 222. The molecule has 0 fully saturated rings. The predicted octanol–water partition coefficient (Wildman–Crippen LogP) is 0.755. The normalized spacial score (nSPS) is 13.6. The molecule has 82 valence electrons. The van der Waals surface area contributed by atoms with Gasteiger partial charge in [0.15, 0.2) is 0 Å². The molecule has 0 aromatic rings. The minimum atomic E-state index is -0.521. The van der Waals surface area contributed by atoms with E-state index in [1.807, 2.05) is 20.8 Å². The first-order chi connectivity index (χ1) is 6.25. The molecule has 0 spiro atoms. The van der Waals surface area contributed by atoms with Crippen molar-refractivity contribution < 1.29 is 9.59 Å². The van der Waals surface area contributed by atoms with E-state index in [1.54, 1.807) is 0 Å². The summed E-state index contributed by atoms with van der Waals surface area (Å²) < 4.78 is 0. The smallest absolute Gasteiger partial charge is 0.226 e. The second-order valence-corrected chi connectivity index (χ2v) is 4.16. The maximum absolute atomic E-state index is 11.3. The van der Waals surface area contributed by atoms with Gasteiger partial charge in [-0.05, 0) is 26.3 Å². The van der Waals surface area contributed by atoms with Gasteiger partial charge in [-0.15, -0.1) is 0 Å². The fourth-order valence-corrected chi connectivity index (χ4v) is 1.54. The van der Waals surface area contributed by atoms with Gasteiger partial charge in [-0.1, -0.05) is 6.92 Å². The molecule has 4 heteroatoms. The average Bonchev–Trinajstić information content (AvgIpc) is 2.00. The summed E-state index contributed by atoms with van der Waals surface area (Å²) in [7, 11) is 0. The van der Waals surface area contributed by atoms with Crippen LogP contribution in [-0.2, 0) is 9.59 Å². The molecule has 0 aromatic carbocycles. The molecule has 0 rings (SSSR count). The third kappa shape index (κ3) is 2.54. The largest absolute Gasteiger partial charge is 0.330 e. The van der Waals surface area contributed by atoms with E-state index in [2.05, 4.69) is 0 Å². The van der Waals surface area contributed by atoms with Crippen LogP contribution >= 0.6 is 0 Å². The third-order valence-electron chi connectivity index (χ3n) is 2.77. The summed E-state index contributed by atoms with van der Waals surface area (Å²) >= 11 is 0. The van der Waals surface area contributed by atoms with E-state index in [4.69, 9.17) is 5.73 Å². The Balaban J connectivity index is 4.99. The fraction of sp³-hybridized carbons (Fsp3) is 0.800. The van der Waals surface area contributed by atoms with Gasteiger partial charge in [0.05, 0.1) is 0 Å². The molecule has 0 aliphatic heterocycles. The van der Waals surface area contributed by atoms with Crippen LogP contribution < -0.4 is 5.73 Å². The van der Waals surface area contributed by atoms with Crippen LogP contribution in [0, 0.1) is 5.92 Å².